The Morgan fingerprint density at radius 3 is 2.57 bits per heavy atom. The molecule has 0 aliphatic heterocycles. The summed E-state index contributed by atoms with van der Waals surface area (Å²) in [5.41, 5.74) is 1.99. The zero-order valence-corrected chi connectivity index (χ0v) is 11.5. The lowest BCUT2D eigenvalue weighted by Crippen LogP contribution is -1.92. The molecule has 4 heteroatoms. The molecule has 0 radical (unpaired) electrons. The van der Waals surface area contributed by atoms with Crippen molar-refractivity contribution < 1.29 is 10.2 Å². The number of phenols is 1. The van der Waals surface area contributed by atoms with E-state index in [4.69, 9.17) is 0 Å². The summed E-state index contributed by atoms with van der Waals surface area (Å²) in [5.74, 6) is 0.280. The third kappa shape index (κ3) is 1.69. The van der Waals surface area contributed by atoms with E-state index in [0.717, 1.165) is 22.0 Å². The monoisotopic (exact) mass is 278 g/mol. The number of hydrogen-bond acceptors (Lipinski definition) is 2. The SMILES string of the molecule is Cn1ccc2ccc(-n3cc4ccc(O)cc4c3O)cc21. The predicted molar refractivity (Wildman–Crippen MR) is 83.1 cm³/mol. The summed E-state index contributed by atoms with van der Waals surface area (Å²) in [6, 6.07) is 13.1. The number of benzene rings is 2. The van der Waals surface area contributed by atoms with E-state index in [-0.39, 0.29) is 11.6 Å². The van der Waals surface area contributed by atoms with Crippen molar-refractivity contribution >= 4 is 21.7 Å². The van der Waals surface area contributed by atoms with E-state index in [1.807, 2.05) is 42.2 Å². The van der Waals surface area contributed by atoms with E-state index < -0.39 is 0 Å². The molecule has 0 saturated heterocycles. The van der Waals surface area contributed by atoms with E-state index in [1.54, 1.807) is 22.8 Å². The first-order chi connectivity index (χ1) is 10.1. The highest BCUT2D eigenvalue weighted by atomic mass is 16.3. The summed E-state index contributed by atoms with van der Waals surface area (Å²) in [6.45, 7) is 0. The lowest BCUT2D eigenvalue weighted by atomic mass is 10.2. The fraction of sp³-hybridized carbons (Fsp3) is 0.0588. The van der Waals surface area contributed by atoms with Gasteiger partial charge in [-0.3, -0.25) is 4.57 Å². The molecule has 0 bridgehead atoms. The van der Waals surface area contributed by atoms with Gasteiger partial charge < -0.3 is 14.8 Å². The maximum atomic E-state index is 10.4. The molecule has 0 saturated carbocycles. The topological polar surface area (TPSA) is 50.3 Å². The molecule has 0 spiro atoms. The third-order valence-electron chi connectivity index (χ3n) is 3.92. The number of rotatable bonds is 1. The molecule has 4 nitrogen and oxygen atoms in total. The number of hydrogen-bond donors (Lipinski definition) is 2. The van der Waals surface area contributed by atoms with Crippen molar-refractivity contribution in [3.8, 4) is 17.3 Å². The molecule has 0 aliphatic carbocycles. The van der Waals surface area contributed by atoms with Gasteiger partial charge in [0, 0.05) is 35.7 Å². The van der Waals surface area contributed by atoms with Gasteiger partial charge in [-0.2, -0.15) is 0 Å². The van der Waals surface area contributed by atoms with Gasteiger partial charge in [0.2, 0.25) is 5.88 Å². The van der Waals surface area contributed by atoms with Crippen molar-refractivity contribution in [2.45, 2.75) is 0 Å². The van der Waals surface area contributed by atoms with Crippen molar-refractivity contribution in [2.24, 2.45) is 7.05 Å². The van der Waals surface area contributed by atoms with Crippen molar-refractivity contribution in [1.29, 1.82) is 0 Å². The molecule has 2 heterocycles. The largest absolute Gasteiger partial charge is 0.508 e. The van der Waals surface area contributed by atoms with Crippen LogP contribution in [-0.2, 0) is 7.05 Å². The minimum atomic E-state index is 0.134. The van der Waals surface area contributed by atoms with Crippen LogP contribution in [0.2, 0.25) is 0 Å². The summed E-state index contributed by atoms with van der Waals surface area (Å²) in [5, 5.41) is 22.7. The minimum Gasteiger partial charge on any atom is -0.508 e. The molecule has 104 valence electrons. The molecule has 0 atom stereocenters. The summed E-state index contributed by atoms with van der Waals surface area (Å²) in [4.78, 5) is 0. The highest BCUT2D eigenvalue weighted by Gasteiger charge is 2.11. The molecule has 2 aromatic carbocycles. The second-order valence-corrected chi connectivity index (χ2v) is 5.26. The van der Waals surface area contributed by atoms with E-state index >= 15 is 0 Å². The summed E-state index contributed by atoms with van der Waals surface area (Å²) >= 11 is 0. The Morgan fingerprint density at radius 1 is 0.905 bits per heavy atom. The van der Waals surface area contributed by atoms with E-state index in [1.165, 1.54) is 0 Å². The minimum absolute atomic E-state index is 0.134. The number of nitrogens with zero attached hydrogens (tertiary/aromatic N) is 2. The number of aromatic hydroxyl groups is 2. The summed E-state index contributed by atoms with van der Waals surface area (Å²) in [7, 11) is 2.00. The molecule has 0 unspecified atom stereocenters. The van der Waals surface area contributed by atoms with Crippen molar-refractivity contribution in [2.75, 3.05) is 0 Å². The van der Waals surface area contributed by atoms with Crippen LogP contribution in [0.25, 0.3) is 27.4 Å². The Morgan fingerprint density at radius 2 is 1.71 bits per heavy atom. The van der Waals surface area contributed by atoms with E-state index in [9.17, 15) is 10.2 Å². The molecule has 0 amide bonds. The van der Waals surface area contributed by atoms with Gasteiger partial charge in [-0.05, 0) is 41.8 Å². The molecular weight excluding hydrogens is 264 g/mol. The van der Waals surface area contributed by atoms with E-state index in [2.05, 4.69) is 6.07 Å². The first-order valence-electron chi connectivity index (χ1n) is 6.72. The van der Waals surface area contributed by atoms with Gasteiger partial charge in [-0.25, -0.2) is 0 Å². The van der Waals surface area contributed by atoms with Gasteiger partial charge in [0.25, 0.3) is 0 Å². The Bertz CT molecular complexity index is 979. The third-order valence-corrected chi connectivity index (χ3v) is 3.92. The molecule has 0 fully saturated rings. The highest BCUT2D eigenvalue weighted by molar-refractivity contribution is 5.90. The van der Waals surface area contributed by atoms with Gasteiger partial charge in [0.15, 0.2) is 0 Å². The zero-order chi connectivity index (χ0) is 14.6. The van der Waals surface area contributed by atoms with Gasteiger partial charge in [-0.15, -0.1) is 0 Å². The van der Waals surface area contributed by atoms with Gasteiger partial charge in [-0.1, -0.05) is 6.07 Å². The van der Waals surface area contributed by atoms with Crippen LogP contribution >= 0.6 is 0 Å². The quantitative estimate of drug-likeness (QED) is 0.559. The Kier molecular flexibility index (Phi) is 2.30. The predicted octanol–water partition coefficient (Wildman–Crippen LogP) is 3.53. The van der Waals surface area contributed by atoms with Crippen LogP contribution in [0.15, 0.2) is 54.9 Å². The Hall–Kier alpha value is -2.88. The van der Waals surface area contributed by atoms with Crippen LogP contribution < -0.4 is 0 Å². The average Bonchev–Trinajstić information content (AvgIpc) is 3.01. The molecule has 2 aromatic heterocycles. The van der Waals surface area contributed by atoms with Gasteiger partial charge in [0.1, 0.15) is 5.75 Å². The molecule has 4 aromatic rings. The van der Waals surface area contributed by atoms with E-state index in [0.29, 0.717) is 5.39 Å². The Labute approximate surface area is 121 Å². The fourth-order valence-electron chi connectivity index (χ4n) is 2.78. The molecule has 2 N–H and O–H groups in total. The smallest absolute Gasteiger partial charge is 0.203 e. The highest BCUT2D eigenvalue weighted by Crippen LogP contribution is 2.33. The zero-order valence-electron chi connectivity index (χ0n) is 11.5. The average molecular weight is 278 g/mol. The van der Waals surface area contributed by atoms with Gasteiger partial charge >= 0.3 is 0 Å². The molecule has 21 heavy (non-hydrogen) atoms. The Balaban J connectivity index is 1.99. The summed E-state index contributed by atoms with van der Waals surface area (Å²) < 4.78 is 3.78. The van der Waals surface area contributed by atoms with Crippen molar-refractivity contribution in [3.63, 3.8) is 0 Å². The van der Waals surface area contributed by atoms with Crippen molar-refractivity contribution in [3.05, 3.63) is 54.9 Å². The number of aryl methyl sites for hydroxylation is 1. The van der Waals surface area contributed by atoms with Crippen LogP contribution in [0.4, 0.5) is 0 Å². The second-order valence-electron chi connectivity index (χ2n) is 5.26. The first-order valence-corrected chi connectivity index (χ1v) is 6.72. The number of phenolic OH excluding ortho intramolecular Hbond substituents is 1. The number of aromatic nitrogens is 2. The van der Waals surface area contributed by atoms with Gasteiger partial charge in [0.05, 0.1) is 5.69 Å². The van der Waals surface area contributed by atoms with Crippen LogP contribution in [0.1, 0.15) is 0 Å². The summed E-state index contributed by atoms with van der Waals surface area (Å²) in [6.07, 6.45) is 3.88. The maximum absolute atomic E-state index is 10.4. The standard InChI is InChI=1S/C17H14N2O2/c1-18-7-6-11-2-4-13(8-16(11)18)19-10-12-3-5-14(20)9-15(12)17(19)21/h2-10,20-21H,1H3. The lowest BCUT2D eigenvalue weighted by molar-refractivity contribution is 0.447. The molecular formula is C17H14N2O2. The number of fused-ring (bicyclic) bond motifs is 2. The normalized spacial score (nSPS) is 11.5. The first kappa shape index (κ1) is 11.9. The van der Waals surface area contributed by atoms with Crippen LogP contribution in [-0.4, -0.2) is 19.3 Å². The van der Waals surface area contributed by atoms with Crippen molar-refractivity contribution in [1.82, 2.24) is 9.13 Å². The molecule has 4 rings (SSSR count). The second kappa shape index (κ2) is 4.06. The lowest BCUT2D eigenvalue weighted by Gasteiger charge is -2.06. The van der Waals surface area contributed by atoms with Crippen LogP contribution in [0.3, 0.4) is 0 Å². The maximum Gasteiger partial charge on any atom is 0.203 e. The van der Waals surface area contributed by atoms with Crippen LogP contribution in [0, 0.1) is 0 Å². The molecule has 0 aliphatic rings. The van der Waals surface area contributed by atoms with Crippen LogP contribution in [0.5, 0.6) is 11.6 Å². The fourth-order valence-corrected chi connectivity index (χ4v) is 2.78.